The van der Waals surface area contributed by atoms with Crippen LogP contribution in [-0.2, 0) is 17.8 Å². The van der Waals surface area contributed by atoms with Gasteiger partial charge in [0.15, 0.2) is 0 Å². The Labute approximate surface area is 126 Å². The molecule has 0 fully saturated rings. The van der Waals surface area contributed by atoms with E-state index in [0.29, 0.717) is 6.54 Å². The van der Waals surface area contributed by atoms with Gasteiger partial charge in [-0.1, -0.05) is 46.3 Å². The monoisotopic (exact) mass is 335 g/mol. The molecule has 2 aromatic rings. The minimum absolute atomic E-state index is 0.00682. The van der Waals surface area contributed by atoms with Crippen LogP contribution in [0, 0.1) is 5.82 Å². The molecule has 4 heteroatoms. The molecule has 0 atom stereocenters. The van der Waals surface area contributed by atoms with Gasteiger partial charge in [-0.25, -0.2) is 4.39 Å². The van der Waals surface area contributed by atoms with Crippen LogP contribution in [0.25, 0.3) is 0 Å². The zero-order valence-electron chi connectivity index (χ0n) is 11.1. The molecule has 2 aromatic carbocycles. The van der Waals surface area contributed by atoms with Crippen LogP contribution in [0.2, 0.25) is 0 Å². The highest BCUT2D eigenvalue weighted by molar-refractivity contribution is 9.10. The van der Waals surface area contributed by atoms with Gasteiger partial charge < -0.3 is 4.90 Å². The molecule has 0 aliphatic rings. The van der Waals surface area contributed by atoms with Crippen molar-refractivity contribution in [3.8, 4) is 0 Å². The maximum absolute atomic E-state index is 12.8. The van der Waals surface area contributed by atoms with Gasteiger partial charge in [0.25, 0.3) is 0 Å². The summed E-state index contributed by atoms with van der Waals surface area (Å²) in [5.74, 6) is -0.282. The van der Waals surface area contributed by atoms with Crippen molar-refractivity contribution in [2.24, 2.45) is 0 Å². The lowest BCUT2D eigenvalue weighted by molar-refractivity contribution is -0.129. The van der Waals surface area contributed by atoms with Crippen LogP contribution >= 0.6 is 15.9 Å². The zero-order chi connectivity index (χ0) is 14.5. The standard InChI is InChI=1S/C16H15BrFNO/c1-19(11-13-4-2-3-5-15(13)17)16(20)10-12-6-8-14(18)9-7-12/h2-9H,10-11H2,1H3. The van der Waals surface area contributed by atoms with Crippen molar-refractivity contribution >= 4 is 21.8 Å². The lowest BCUT2D eigenvalue weighted by Gasteiger charge is -2.18. The molecule has 2 rings (SSSR count). The van der Waals surface area contributed by atoms with Crippen molar-refractivity contribution < 1.29 is 9.18 Å². The number of benzene rings is 2. The van der Waals surface area contributed by atoms with Gasteiger partial charge >= 0.3 is 0 Å². The number of nitrogens with zero attached hydrogens (tertiary/aromatic N) is 1. The summed E-state index contributed by atoms with van der Waals surface area (Å²) in [6.45, 7) is 0.543. The van der Waals surface area contributed by atoms with Crippen molar-refractivity contribution in [3.63, 3.8) is 0 Å². The van der Waals surface area contributed by atoms with Crippen LogP contribution in [0.3, 0.4) is 0 Å². The van der Waals surface area contributed by atoms with Crippen LogP contribution in [0.15, 0.2) is 53.0 Å². The molecule has 0 bridgehead atoms. The molecular formula is C16H15BrFNO. The zero-order valence-corrected chi connectivity index (χ0v) is 12.7. The Morgan fingerprint density at radius 2 is 1.80 bits per heavy atom. The first-order valence-corrected chi connectivity index (χ1v) is 7.07. The van der Waals surface area contributed by atoms with Gasteiger partial charge in [-0.15, -0.1) is 0 Å². The first-order valence-electron chi connectivity index (χ1n) is 6.28. The maximum atomic E-state index is 12.8. The topological polar surface area (TPSA) is 20.3 Å². The Bertz CT molecular complexity index is 598. The molecule has 2 nitrogen and oxygen atoms in total. The minimum atomic E-state index is -0.289. The van der Waals surface area contributed by atoms with Crippen molar-refractivity contribution in [1.29, 1.82) is 0 Å². The van der Waals surface area contributed by atoms with Crippen molar-refractivity contribution in [2.45, 2.75) is 13.0 Å². The molecule has 0 unspecified atom stereocenters. The molecule has 20 heavy (non-hydrogen) atoms. The number of carbonyl (C=O) groups is 1. The summed E-state index contributed by atoms with van der Waals surface area (Å²) in [7, 11) is 1.77. The van der Waals surface area contributed by atoms with E-state index >= 15 is 0 Å². The van der Waals surface area contributed by atoms with E-state index in [1.165, 1.54) is 12.1 Å². The smallest absolute Gasteiger partial charge is 0.227 e. The van der Waals surface area contributed by atoms with Crippen LogP contribution in [-0.4, -0.2) is 17.9 Å². The largest absolute Gasteiger partial charge is 0.341 e. The molecular weight excluding hydrogens is 321 g/mol. The van der Waals surface area contributed by atoms with Gasteiger partial charge in [-0.3, -0.25) is 4.79 Å². The lowest BCUT2D eigenvalue weighted by atomic mass is 10.1. The molecule has 0 saturated heterocycles. The molecule has 104 valence electrons. The second kappa shape index (κ2) is 6.66. The normalized spacial score (nSPS) is 10.3. The third kappa shape index (κ3) is 3.90. The summed E-state index contributed by atoms with van der Waals surface area (Å²) in [6, 6.07) is 13.8. The summed E-state index contributed by atoms with van der Waals surface area (Å²) >= 11 is 3.47. The Morgan fingerprint density at radius 3 is 2.45 bits per heavy atom. The van der Waals surface area contributed by atoms with Crippen molar-refractivity contribution in [1.82, 2.24) is 4.90 Å². The predicted molar refractivity (Wildman–Crippen MR) is 80.7 cm³/mol. The van der Waals surface area contributed by atoms with Crippen LogP contribution in [0.5, 0.6) is 0 Å². The summed E-state index contributed by atoms with van der Waals surface area (Å²) in [5.41, 5.74) is 1.87. The van der Waals surface area contributed by atoms with E-state index in [2.05, 4.69) is 15.9 Å². The van der Waals surface area contributed by atoms with E-state index in [4.69, 9.17) is 0 Å². The Kier molecular flexibility index (Phi) is 4.90. The Balaban J connectivity index is 1.99. The highest BCUT2D eigenvalue weighted by Gasteiger charge is 2.11. The Morgan fingerprint density at radius 1 is 1.15 bits per heavy atom. The predicted octanol–water partition coefficient (Wildman–Crippen LogP) is 3.79. The van der Waals surface area contributed by atoms with E-state index in [1.807, 2.05) is 24.3 Å². The van der Waals surface area contributed by atoms with Gasteiger partial charge in [0.1, 0.15) is 5.82 Å². The summed E-state index contributed by atoms with van der Waals surface area (Å²) in [5, 5.41) is 0. The molecule has 0 radical (unpaired) electrons. The van der Waals surface area contributed by atoms with E-state index in [0.717, 1.165) is 15.6 Å². The molecule has 0 saturated carbocycles. The fraction of sp³-hybridized carbons (Fsp3) is 0.188. The Hall–Kier alpha value is -1.68. The molecule has 1 amide bonds. The average molecular weight is 336 g/mol. The molecule has 0 heterocycles. The number of hydrogen-bond donors (Lipinski definition) is 0. The first-order chi connectivity index (χ1) is 9.56. The summed E-state index contributed by atoms with van der Waals surface area (Å²) < 4.78 is 13.8. The molecule has 0 aromatic heterocycles. The van der Waals surface area contributed by atoms with Crippen LogP contribution in [0.4, 0.5) is 4.39 Å². The van der Waals surface area contributed by atoms with Gasteiger partial charge in [0.05, 0.1) is 6.42 Å². The van der Waals surface area contributed by atoms with Gasteiger partial charge in [0, 0.05) is 18.1 Å². The van der Waals surface area contributed by atoms with Crippen LogP contribution in [0.1, 0.15) is 11.1 Å². The molecule has 0 aliphatic carbocycles. The molecule has 0 N–H and O–H groups in total. The number of amides is 1. The van der Waals surface area contributed by atoms with E-state index in [-0.39, 0.29) is 18.1 Å². The quantitative estimate of drug-likeness (QED) is 0.832. The van der Waals surface area contributed by atoms with Crippen molar-refractivity contribution in [3.05, 3.63) is 69.9 Å². The SMILES string of the molecule is CN(Cc1ccccc1Br)C(=O)Cc1ccc(F)cc1. The maximum Gasteiger partial charge on any atom is 0.227 e. The van der Waals surface area contributed by atoms with E-state index in [9.17, 15) is 9.18 Å². The number of likely N-dealkylation sites (N-methyl/N-ethyl adjacent to an activating group) is 1. The highest BCUT2D eigenvalue weighted by atomic mass is 79.9. The third-order valence-corrected chi connectivity index (χ3v) is 3.83. The highest BCUT2D eigenvalue weighted by Crippen LogP contribution is 2.17. The summed E-state index contributed by atoms with van der Waals surface area (Å²) in [6.07, 6.45) is 0.279. The van der Waals surface area contributed by atoms with E-state index in [1.54, 1.807) is 24.1 Å². The minimum Gasteiger partial charge on any atom is -0.341 e. The van der Waals surface area contributed by atoms with Gasteiger partial charge in [-0.05, 0) is 29.3 Å². The summed E-state index contributed by atoms with van der Waals surface area (Å²) in [4.78, 5) is 13.8. The van der Waals surface area contributed by atoms with Gasteiger partial charge in [0.2, 0.25) is 5.91 Å². The number of carbonyl (C=O) groups excluding carboxylic acids is 1. The second-order valence-corrected chi connectivity index (χ2v) is 5.50. The number of hydrogen-bond acceptors (Lipinski definition) is 1. The third-order valence-electron chi connectivity index (χ3n) is 3.06. The van der Waals surface area contributed by atoms with Gasteiger partial charge in [-0.2, -0.15) is 0 Å². The second-order valence-electron chi connectivity index (χ2n) is 4.64. The fourth-order valence-electron chi connectivity index (χ4n) is 1.88. The molecule has 0 aliphatic heterocycles. The number of rotatable bonds is 4. The van der Waals surface area contributed by atoms with E-state index < -0.39 is 0 Å². The average Bonchev–Trinajstić information content (AvgIpc) is 2.44. The first kappa shape index (κ1) is 14.7. The fourth-order valence-corrected chi connectivity index (χ4v) is 2.29. The molecule has 0 spiro atoms. The van der Waals surface area contributed by atoms with Crippen molar-refractivity contribution in [2.75, 3.05) is 7.05 Å². The number of halogens is 2. The van der Waals surface area contributed by atoms with Crippen LogP contribution < -0.4 is 0 Å². The lowest BCUT2D eigenvalue weighted by Crippen LogP contribution is -2.27.